The predicted octanol–water partition coefficient (Wildman–Crippen LogP) is 1.38. The second-order valence-electron chi connectivity index (χ2n) is 4.80. The summed E-state index contributed by atoms with van der Waals surface area (Å²) in [5.41, 5.74) is 1.24. The van der Waals surface area contributed by atoms with E-state index in [1.807, 2.05) is 0 Å². The van der Waals surface area contributed by atoms with Crippen molar-refractivity contribution in [2.75, 3.05) is 0 Å². The van der Waals surface area contributed by atoms with E-state index in [-0.39, 0.29) is 30.2 Å². The van der Waals surface area contributed by atoms with E-state index < -0.39 is 0 Å². The van der Waals surface area contributed by atoms with Crippen LogP contribution in [-0.4, -0.2) is 15.9 Å². The number of amides is 1. The SMILES string of the molecule is Cc1nc(C)c(CC(=O)NCc2cccc(F)c2)c(=O)[nH]1. The molecule has 0 unspecified atom stereocenters. The number of carbonyl (C=O) groups excluding carboxylic acids is 1. The van der Waals surface area contributed by atoms with Gasteiger partial charge in [0.15, 0.2) is 0 Å². The Balaban J connectivity index is 2.01. The zero-order valence-electron chi connectivity index (χ0n) is 11.9. The topological polar surface area (TPSA) is 74.8 Å². The molecule has 6 heteroatoms. The van der Waals surface area contributed by atoms with Crippen LogP contribution in [0.15, 0.2) is 29.1 Å². The summed E-state index contributed by atoms with van der Waals surface area (Å²) >= 11 is 0. The van der Waals surface area contributed by atoms with Crippen LogP contribution < -0.4 is 10.9 Å². The second-order valence-corrected chi connectivity index (χ2v) is 4.80. The number of aryl methyl sites for hydroxylation is 2. The van der Waals surface area contributed by atoms with Gasteiger partial charge in [0.2, 0.25) is 5.91 Å². The van der Waals surface area contributed by atoms with Gasteiger partial charge in [-0.05, 0) is 31.5 Å². The van der Waals surface area contributed by atoms with E-state index in [1.54, 1.807) is 26.0 Å². The minimum absolute atomic E-state index is 0.0518. The molecule has 0 aliphatic heterocycles. The molecule has 5 nitrogen and oxygen atoms in total. The van der Waals surface area contributed by atoms with Crippen LogP contribution in [0.2, 0.25) is 0 Å². The number of aromatic amines is 1. The zero-order chi connectivity index (χ0) is 15.4. The summed E-state index contributed by atoms with van der Waals surface area (Å²) in [6.45, 7) is 3.59. The molecule has 0 bridgehead atoms. The van der Waals surface area contributed by atoms with Gasteiger partial charge in [0, 0.05) is 17.8 Å². The van der Waals surface area contributed by atoms with Crippen molar-refractivity contribution in [2.45, 2.75) is 26.8 Å². The van der Waals surface area contributed by atoms with Gasteiger partial charge in [0.1, 0.15) is 11.6 Å². The highest BCUT2D eigenvalue weighted by atomic mass is 19.1. The molecule has 1 heterocycles. The first-order valence-electron chi connectivity index (χ1n) is 6.53. The molecule has 2 N–H and O–H groups in total. The fourth-order valence-corrected chi connectivity index (χ4v) is 2.03. The van der Waals surface area contributed by atoms with Gasteiger partial charge in [-0.3, -0.25) is 9.59 Å². The minimum Gasteiger partial charge on any atom is -0.352 e. The Morgan fingerprint density at radius 3 is 2.81 bits per heavy atom. The predicted molar refractivity (Wildman–Crippen MR) is 76.3 cm³/mol. The lowest BCUT2D eigenvalue weighted by Gasteiger charge is -2.07. The Hall–Kier alpha value is -2.50. The highest BCUT2D eigenvalue weighted by molar-refractivity contribution is 5.78. The van der Waals surface area contributed by atoms with Crippen LogP contribution in [0, 0.1) is 19.7 Å². The molecule has 1 aromatic heterocycles. The third-order valence-corrected chi connectivity index (χ3v) is 3.06. The van der Waals surface area contributed by atoms with Crippen molar-refractivity contribution in [3.8, 4) is 0 Å². The number of aromatic nitrogens is 2. The summed E-state index contributed by atoms with van der Waals surface area (Å²) in [7, 11) is 0. The third-order valence-electron chi connectivity index (χ3n) is 3.06. The molecule has 110 valence electrons. The number of nitrogens with one attached hydrogen (secondary N) is 2. The fourth-order valence-electron chi connectivity index (χ4n) is 2.03. The summed E-state index contributed by atoms with van der Waals surface area (Å²) in [6.07, 6.45) is -0.0518. The van der Waals surface area contributed by atoms with Gasteiger partial charge in [0.05, 0.1) is 6.42 Å². The fraction of sp³-hybridized carbons (Fsp3) is 0.267. The number of nitrogens with zero attached hydrogens (tertiary/aromatic N) is 1. The van der Waals surface area contributed by atoms with Crippen molar-refractivity contribution in [3.05, 3.63) is 63.1 Å². The Labute approximate surface area is 121 Å². The van der Waals surface area contributed by atoms with Crippen LogP contribution in [0.5, 0.6) is 0 Å². The first-order chi connectivity index (χ1) is 9.95. The molecule has 0 atom stereocenters. The van der Waals surface area contributed by atoms with Gasteiger partial charge >= 0.3 is 0 Å². The van der Waals surface area contributed by atoms with Crippen LogP contribution in [0.25, 0.3) is 0 Å². The second kappa shape index (κ2) is 6.30. The largest absolute Gasteiger partial charge is 0.352 e. The van der Waals surface area contributed by atoms with Crippen LogP contribution in [0.4, 0.5) is 4.39 Å². The number of hydrogen-bond acceptors (Lipinski definition) is 3. The molecule has 0 aliphatic carbocycles. The summed E-state index contributed by atoms with van der Waals surface area (Å²) in [5, 5.41) is 2.66. The lowest BCUT2D eigenvalue weighted by molar-refractivity contribution is -0.120. The van der Waals surface area contributed by atoms with Crippen molar-refractivity contribution in [1.82, 2.24) is 15.3 Å². The van der Waals surface area contributed by atoms with E-state index in [4.69, 9.17) is 0 Å². The molecule has 0 saturated carbocycles. The number of benzene rings is 1. The standard InChI is InChI=1S/C15H16FN3O2/c1-9-13(15(21)19-10(2)18-9)7-14(20)17-8-11-4-3-5-12(16)6-11/h3-6H,7-8H2,1-2H3,(H,17,20)(H,18,19,21). The molecule has 0 radical (unpaired) electrons. The van der Waals surface area contributed by atoms with Gasteiger partial charge in [0.25, 0.3) is 5.56 Å². The van der Waals surface area contributed by atoms with E-state index in [1.165, 1.54) is 12.1 Å². The zero-order valence-corrected chi connectivity index (χ0v) is 11.9. The Morgan fingerprint density at radius 2 is 2.14 bits per heavy atom. The van der Waals surface area contributed by atoms with Gasteiger partial charge in [-0.2, -0.15) is 0 Å². The number of H-pyrrole nitrogens is 1. The average Bonchev–Trinajstić information content (AvgIpc) is 2.40. The average molecular weight is 289 g/mol. The Morgan fingerprint density at radius 1 is 1.38 bits per heavy atom. The van der Waals surface area contributed by atoms with Crippen molar-refractivity contribution in [1.29, 1.82) is 0 Å². The van der Waals surface area contributed by atoms with Gasteiger partial charge in [-0.15, -0.1) is 0 Å². The summed E-state index contributed by atoms with van der Waals surface area (Å²) in [6, 6.07) is 5.99. The molecular formula is C15H16FN3O2. The van der Waals surface area contributed by atoms with Gasteiger partial charge < -0.3 is 10.3 Å². The molecule has 0 saturated heterocycles. The lowest BCUT2D eigenvalue weighted by atomic mass is 10.1. The van der Waals surface area contributed by atoms with E-state index in [9.17, 15) is 14.0 Å². The minimum atomic E-state index is -0.350. The number of carbonyl (C=O) groups is 1. The maximum atomic E-state index is 13.0. The first kappa shape index (κ1) is 14.9. The lowest BCUT2D eigenvalue weighted by Crippen LogP contribution is -2.29. The van der Waals surface area contributed by atoms with Gasteiger partial charge in [-0.1, -0.05) is 12.1 Å². The van der Waals surface area contributed by atoms with Gasteiger partial charge in [-0.25, -0.2) is 9.37 Å². The molecule has 1 aromatic carbocycles. The van der Waals surface area contributed by atoms with Crippen LogP contribution in [0.1, 0.15) is 22.6 Å². The van der Waals surface area contributed by atoms with Crippen LogP contribution >= 0.6 is 0 Å². The monoisotopic (exact) mass is 289 g/mol. The van der Waals surface area contributed by atoms with Crippen molar-refractivity contribution in [3.63, 3.8) is 0 Å². The highest BCUT2D eigenvalue weighted by Gasteiger charge is 2.11. The maximum Gasteiger partial charge on any atom is 0.254 e. The van der Waals surface area contributed by atoms with Crippen LogP contribution in [-0.2, 0) is 17.8 Å². The van der Waals surface area contributed by atoms with E-state index in [0.29, 0.717) is 22.6 Å². The molecule has 0 spiro atoms. The summed E-state index contributed by atoms with van der Waals surface area (Å²) in [4.78, 5) is 30.4. The van der Waals surface area contributed by atoms with Crippen LogP contribution in [0.3, 0.4) is 0 Å². The Kier molecular flexibility index (Phi) is 4.47. The van der Waals surface area contributed by atoms with E-state index in [0.717, 1.165) is 0 Å². The van der Waals surface area contributed by atoms with E-state index >= 15 is 0 Å². The van der Waals surface area contributed by atoms with Crippen molar-refractivity contribution in [2.24, 2.45) is 0 Å². The molecular weight excluding hydrogens is 273 g/mol. The quantitative estimate of drug-likeness (QED) is 0.893. The summed E-state index contributed by atoms with van der Waals surface area (Å²) in [5.74, 6) is -0.142. The van der Waals surface area contributed by atoms with Crippen molar-refractivity contribution >= 4 is 5.91 Å². The first-order valence-corrected chi connectivity index (χ1v) is 6.53. The Bertz CT molecular complexity index is 725. The molecule has 1 amide bonds. The maximum absolute atomic E-state index is 13.0. The molecule has 21 heavy (non-hydrogen) atoms. The normalized spacial score (nSPS) is 10.4. The third kappa shape index (κ3) is 3.98. The molecule has 0 aliphatic rings. The summed E-state index contributed by atoms with van der Waals surface area (Å²) < 4.78 is 13.0. The van der Waals surface area contributed by atoms with E-state index in [2.05, 4.69) is 15.3 Å². The smallest absolute Gasteiger partial charge is 0.254 e. The molecule has 2 rings (SSSR count). The number of rotatable bonds is 4. The van der Waals surface area contributed by atoms with Crippen molar-refractivity contribution < 1.29 is 9.18 Å². The molecule has 0 fully saturated rings. The number of hydrogen-bond donors (Lipinski definition) is 2. The number of halogens is 1. The highest BCUT2D eigenvalue weighted by Crippen LogP contribution is 2.04. The molecule has 2 aromatic rings.